The van der Waals surface area contributed by atoms with Gasteiger partial charge in [0.25, 0.3) is 5.91 Å². The molecule has 0 radical (unpaired) electrons. The molecule has 0 saturated heterocycles. The minimum Gasteiger partial charge on any atom is -0.340 e. The average molecular weight is 456 g/mol. The van der Waals surface area contributed by atoms with Crippen LogP contribution in [0.5, 0.6) is 0 Å². The van der Waals surface area contributed by atoms with Gasteiger partial charge in [-0.1, -0.05) is 48.4 Å². The smallest absolute Gasteiger partial charge is 0.283 e. The quantitative estimate of drug-likeness (QED) is 0.517. The minimum absolute atomic E-state index is 0.0765. The van der Waals surface area contributed by atoms with Gasteiger partial charge in [0, 0.05) is 28.7 Å². The first-order valence-corrected chi connectivity index (χ1v) is 11.8. The number of hydrazone groups is 1. The second-order valence-electron chi connectivity index (χ2n) is 8.46. The predicted molar refractivity (Wildman–Crippen MR) is 137 cm³/mol. The van der Waals surface area contributed by atoms with Gasteiger partial charge in [0.15, 0.2) is 5.84 Å². The lowest BCUT2D eigenvalue weighted by molar-refractivity contribution is -0.114. The van der Waals surface area contributed by atoms with Crippen molar-refractivity contribution in [3.05, 3.63) is 76.0 Å². The Balaban J connectivity index is 1.64. The van der Waals surface area contributed by atoms with Gasteiger partial charge in [-0.2, -0.15) is 15.1 Å². The third kappa shape index (κ3) is 3.72. The number of hydrogen-bond acceptors (Lipinski definition) is 4. The SMILES string of the molecule is CCC1=NN2C(=N)C(=Cc3c(C)n(Cc4cccc(C)c4)c4ccc(C)cc34)C(=O)N=C2S1. The van der Waals surface area contributed by atoms with Crippen molar-refractivity contribution in [1.29, 1.82) is 5.41 Å². The molecular formula is C26H25N5OS. The molecule has 0 aliphatic carbocycles. The van der Waals surface area contributed by atoms with Crippen molar-refractivity contribution < 1.29 is 4.79 Å². The maximum absolute atomic E-state index is 12.9. The molecule has 1 N–H and O–H groups in total. The Morgan fingerprint density at radius 1 is 1.09 bits per heavy atom. The van der Waals surface area contributed by atoms with Crippen LogP contribution in [0, 0.1) is 26.2 Å². The normalized spacial score (nSPS) is 17.1. The molecule has 0 atom stereocenters. The number of fused-ring (bicyclic) bond motifs is 2. The lowest BCUT2D eigenvalue weighted by Crippen LogP contribution is -2.35. The maximum atomic E-state index is 12.9. The molecule has 0 bridgehead atoms. The summed E-state index contributed by atoms with van der Waals surface area (Å²) in [7, 11) is 0. The molecule has 5 rings (SSSR count). The highest BCUT2D eigenvalue weighted by Crippen LogP contribution is 2.33. The molecule has 3 aromatic rings. The van der Waals surface area contributed by atoms with Crippen LogP contribution in [-0.4, -0.2) is 31.5 Å². The molecule has 0 spiro atoms. The van der Waals surface area contributed by atoms with Crippen molar-refractivity contribution in [3.63, 3.8) is 0 Å². The first kappa shape index (κ1) is 21.4. The fraction of sp³-hybridized carbons (Fsp3) is 0.231. The van der Waals surface area contributed by atoms with Crippen molar-refractivity contribution in [2.24, 2.45) is 10.1 Å². The first-order chi connectivity index (χ1) is 15.9. The molecular weight excluding hydrogens is 430 g/mol. The summed E-state index contributed by atoms with van der Waals surface area (Å²) >= 11 is 1.36. The molecule has 3 heterocycles. The van der Waals surface area contributed by atoms with E-state index >= 15 is 0 Å². The Morgan fingerprint density at radius 2 is 1.88 bits per heavy atom. The van der Waals surface area contributed by atoms with E-state index in [9.17, 15) is 4.79 Å². The van der Waals surface area contributed by atoms with Crippen LogP contribution in [0.3, 0.4) is 0 Å². The van der Waals surface area contributed by atoms with Crippen LogP contribution in [0.15, 0.2) is 58.1 Å². The van der Waals surface area contributed by atoms with Crippen LogP contribution in [0.1, 0.15) is 41.3 Å². The largest absolute Gasteiger partial charge is 0.340 e. The van der Waals surface area contributed by atoms with Crippen LogP contribution >= 0.6 is 11.8 Å². The standard InChI is InChI=1S/C26H25N5OS/c1-5-23-29-31-24(27)21(25(32)28-26(31)33-23)13-19-17(4)30(14-18-8-6-7-15(2)11-18)22-10-9-16(3)12-20(19)22/h6-13,27H,5,14H2,1-4H3. The summed E-state index contributed by atoms with van der Waals surface area (Å²) < 4.78 is 2.28. The highest BCUT2D eigenvalue weighted by molar-refractivity contribution is 8.26. The third-order valence-electron chi connectivity index (χ3n) is 6.04. The number of aliphatic imine (C=N–C) groups is 1. The number of carbonyl (C=O) groups is 1. The van der Waals surface area contributed by atoms with E-state index in [2.05, 4.69) is 77.9 Å². The molecule has 1 amide bonds. The highest BCUT2D eigenvalue weighted by atomic mass is 32.2. The highest BCUT2D eigenvalue weighted by Gasteiger charge is 2.35. The molecule has 7 heteroatoms. The maximum Gasteiger partial charge on any atom is 0.283 e. The van der Waals surface area contributed by atoms with Crippen molar-refractivity contribution in [2.45, 2.75) is 40.7 Å². The van der Waals surface area contributed by atoms with Crippen molar-refractivity contribution in [3.8, 4) is 0 Å². The van der Waals surface area contributed by atoms with Gasteiger partial charge in [-0.15, -0.1) is 0 Å². The van der Waals surface area contributed by atoms with E-state index in [1.807, 2.05) is 13.0 Å². The second kappa shape index (κ2) is 8.15. The summed E-state index contributed by atoms with van der Waals surface area (Å²) in [6, 6.07) is 14.9. The van der Waals surface area contributed by atoms with Crippen LogP contribution in [0.2, 0.25) is 0 Å². The topological polar surface area (TPSA) is 73.8 Å². The molecule has 0 saturated carbocycles. The monoisotopic (exact) mass is 455 g/mol. The molecule has 6 nitrogen and oxygen atoms in total. The van der Waals surface area contributed by atoms with Gasteiger partial charge < -0.3 is 4.57 Å². The number of amides is 1. The summed E-state index contributed by atoms with van der Waals surface area (Å²) in [5, 5.41) is 17.0. The van der Waals surface area contributed by atoms with Gasteiger partial charge >= 0.3 is 0 Å². The summed E-state index contributed by atoms with van der Waals surface area (Å²) in [6.45, 7) is 8.97. The molecule has 2 aliphatic heterocycles. The summed E-state index contributed by atoms with van der Waals surface area (Å²) in [4.78, 5) is 17.1. The Kier molecular flexibility index (Phi) is 5.29. The van der Waals surface area contributed by atoms with E-state index in [4.69, 9.17) is 5.41 Å². The van der Waals surface area contributed by atoms with Crippen LogP contribution in [0.25, 0.3) is 17.0 Å². The third-order valence-corrected chi connectivity index (χ3v) is 7.09. The van der Waals surface area contributed by atoms with Gasteiger partial charge in [-0.05, 0) is 62.7 Å². The van der Waals surface area contributed by atoms with Crippen LogP contribution < -0.4 is 0 Å². The van der Waals surface area contributed by atoms with Gasteiger partial charge in [-0.25, -0.2) is 0 Å². The van der Waals surface area contributed by atoms with E-state index in [1.54, 1.807) is 0 Å². The summed E-state index contributed by atoms with van der Waals surface area (Å²) in [6.07, 6.45) is 2.56. The number of aromatic nitrogens is 1. The number of rotatable bonds is 4. The van der Waals surface area contributed by atoms with Crippen LogP contribution in [0.4, 0.5) is 0 Å². The Hall–Kier alpha value is -3.45. The van der Waals surface area contributed by atoms with Gasteiger partial charge in [0.2, 0.25) is 5.17 Å². The van der Waals surface area contributed by atoms with Crippen molar-refractivity contribution in [1.82, 2.24) is 9.58 Å². The van der Waals surface area contributed by atoms with Crippen molar-refractivity contribution >= 4 is 50.7 Å². The lowest BCUT2D eigenvalue weighted by atomic mass is 10.0. The number of nitrogens with one attached hydrogen (secondary N) is 1. The van der Waals surface area contributed by atoms with E-state index < -0.39 is 5.91 Å². The number of benzene rings is 2. The average Bonchev–Trinajstić information content (AvgIpc) is 3.30. The number of hydrogen-bond donors (Lipinski definition) is 1. The zero-order chi connectivity index (χ0) is 23.3. The van der Waals surface area contributed by atoms with E-state index in [1.165, 1.54) is 27.9 Å². The number of nitrogens with zero attached hydrogens (tertiary/aromatic N) is 4. The molecule has 166 valence electrons. The predicted octanol–water partition coefficient (Wildman–Crippen LogP) is 5.64. The van der Waals surface area contributed by atoms with E-state index in [0.717, 1.165) is 45.7 Å². The summed E-state index contributed by atoms with van der Waals surface area (Å²) in [5.41, 5.74) is 6.96. The Morgan fingerprint density at radius 3 is 2.64 bits per heavy atom. The van der Waals surface area contributed by atoms with Crippen molar-refractivity contribution in [2.75, 3.05) is 0 Å². The van der Waals surface area contributed by atoms with Crippen LogP contribution in [-0.2, 0) is 11.3 Å². The Bertz CT molecular complexity index is 1430. The molecule has 2 aromatic carbocycles. The molecule has 0 unspecified atom stereocenters. The van der Waals surface area contributed by atoms with Gasteiger partial charge in [0.05, 0.1) is 5.57 Å². The van der Waals surface area contributed by atoms with Gasteiger partial charge in [0.1, 0.15) is 5.04 Å². The molecule has 33 heavy (non-hydrogen) atoms. The Labute approximate surface area is 197 Å². The fourth-order valence-electron chi connectivity index (χ4n) is 4.32. The first-order valence-electron chi connectivity index (χ1n) is 11.0. The van der Waals surface area contributed by atoms with E-state index in [0.29, 0.717) is 5.17 Å². The number of amidine groups is 2. The minimum atomic E-state index is -0.391. The molecule has 0 fully saturated rings. The van der Waals surface area contributed by atoms with E-state index in [-0.39, 0.29) is 11.4 Å². The van der Waals surface area contributed by atoms with Gasteiger partial charge in [-0.3, -0.25) is 10.2 Å². The molecule has 1 aromatic heterocycles. The second-order valence-corrected chi connectivity index (χ2v) is 9.50. The zero-order valence-electron chi connectivity index (χ0n) is 19.1. The lowest BCUT2D eigenvalue weighted by Gasteiger charge is -2.20. The molecule has 2 aliphatic rings. The zero-order valence-corrected chi connectivity index (χ0v) is 20.0. The number of thioether (sulfide) groups is 1. The summed E-state index contributed by atoms with van der Waals surface area (Å²) in [5.74, 6) is -0.314. The number of carbonyl (C=O) groups excluding carboxylic acids is 1. The number of aryl methyl sites for hydroxylation is 2. The fourth-order valence-corrected chi connectivity index (χ4v) is 5.14.